The Morgan fingerprint density at radius 2 is 1.64 bits per heavy atom. The van der Waals surface area contributed by atoms with Crippen LogP contribution in [0.4, 0.5) is 11.4 Å². The molecule has 2 aromatic carbocycles. The van der Waals surface area contributed by atoms with Gasteiger partial charge in [-0.25, -0.2) is 0 Å². The Morgan fingerprint density at radius 1 is 1.00 bits per heavy atom. The van der Waals surface area contributed by atoms with Crippen LogP contribution in [-0.4, -0.2) is 37.9 Å². The highest BCUT2D eigenvalue weighted by atomic mass is 35.5. The topological polar surface area (TPSA) is 45.1 Å². The summed E-state index contributed by atoms with van der Waals surface area (Å²) in [7, 11) is 0. The number of amides is 1. The first kappa shape index (κ1) is 19.0. The second-order valence-electron chi connectivity index (χ2n) is 6.68. The average molecular weight is 416 g/mol. The molecular formula is C21H19Cl2N3O2. The first-order chi connectivity index (χ1) is 13.5. The van der Waals surface area contributed by atoms with Crippen molar-refractivity contribution in [2.75, 3.05) is 36.2 Å². The lowest BCUT2D eigenvalue weighted by atomic mass is 10.1. The molecule has 0 atom stereocenters. The van der Waals surface area contributed by atoms with Crippen LogP contribution in [0.25, 0.3) is 6.08 Å². The standard InChI is InChI=1S/C21H19Cl2N3O2/c1-14-20(21(27)26(24-14)19-12-16(22)11-17(23)13-19)10-15-2-4-18(5-3-15)25-6-8-28-9-7-25/h2-5,10-13H,6-9H2,1H3. The number of carbonyl (C=O) groups excluding carboxylic acids is 1. The number of hydrogen-bond donors (Lipinski definition) is 0. The van der Waals surface area contributed by atoms with Crippen LogP contribution in [-0.2, 0) is 9.53 Å². The number of anilines is 2. The van der Waals surface area contributed by atoms with Gasteiger partial charge in [0.15, 0.2) is 0 Å². The van der Waals surface area contributed by atoms with Crippen molar-refractivity contribution in [1.82, 2.24) is 0 Å². The van der Waals surface area contributed by atoms with E-state index in [1.54, 1.807) is 18.2 Å². The van der Waals surface area contributed by atoms with Crippen molar-refractivity contribution in [3.05, 3.63) is 63.6 Å². The molecule has 144 valence electrons. The molecule has 0 N–H and O–H groups in total. The molecule has 7 heteroatoms. The summed E-state index contributed by atoms with van der Waals surface area (Å²) in [5, 5.41) is 6.63. The van der Waals surface area contributed by atoms with Crippen LogP contribution in [0.5, 0.6) is 0 Å². The van der Waals surface area contributed by atoms with Crippen LogP contribution >= 0.6 is 23.2 Å². The van der Waals surface area contributed by atoms with Gasteiger partial charge in [0.1, 0.15) is 0 Å². The summed E-state index contributed by atoms with van der Waals surface area (Å²) in [6, 6.07) is 13.1. The number of hydrogen-bond acceptors (Lipinski definition) is 4. The molecule has 2 aliphatic heterocycles. The van der Waals surface area contributed by atoms with Crippen molar-refractivity contribution in [1.29, 1.82) is 0 Å². The molecule has 0 aliphatic carbocycles. The van der Waals surface area contributed by atoms with E-state index in [0.29, 0.717) is 27.0 Å². The Hall–Kier alpha value is -2.34. The van der Waals surface area contributed by atoms with Crippen LogP contribution in [0.15, 0.2) is 53.1 Å². The first-order valence-electron chi connectivity index (χ1n) is 9.02. The zero-order chi connectivity index (χ0) is 19.7. The van der Waals surface area contributed by atoms with Gasteiger partial charge in [-0.1, -0.05) is 35.3 Å². The molecule has 0 bridgehead atoms. The SMILES string of the molecule is CC1=NN(c2cc(Cl)cc(Cl)c2)C(=O)C1=Cc1ccc(N2CCOCC2)cc1. The third-order valence-electron chi connectivity index (χ3n) is 4.73. The predicted molar refractivity (Wildman–Crippen MR) is 115 cm³/mol. The zero-order valence-electron chi connectivity index (χ0n) is 15.4. The number of benzene rings is 2. The number of carbonyl (C=O) groups is 1. The van der Waals surface area contributed by atoms with Gasteiger partial charge in [0, 0.05) is 28.8 Å². The number of morpholine rings is 1. The number of nitrogens with zero attached hydrogens (tertiary/aromatic N) is 3. The molecule has 1 saturated heterocycles. The summed E-state index contributed by atoms with van der Waals surface area (Å²) in [6.07, 6.45) is 1.86. The molecule has 0 saturated carbocycles. The molecule has 5 nitrogen and oxygen atoms in total. The Bertz CT molecular complexity index is 944. The summed E-state index contributed by atoms with van der Waals surface area (Å²) in [5.74, 6) is -0.201. The minimum absolute atomic E-state index is 0.201. The summed E-state index contributed by atoms with van der Waals surface area (Å²) < 4.78 is 5.40. The smallest absolute Gasteiger partial charge is 0.280 e. The van der Waals surface area contributed by atoms with Gasteiger partial charge >= 0.3 is 0 Å². The lowest BCUT2D eigenvalue weighted by Gasteiger charge is -2.28. The van der Waals surface area contributed by atoms with E-state index in [-0.39, 0.29) is 5.91 Å². The van der Waals surface area contributed by atoms with Gasteiger partial charge in [0.2, 0.25) is 0 Å². The fourth-order valence-corrected chi connectivity index (χ4v) is 3.80. The van der Waals surface area contributed by atoms with Crippen LogP contribution in [0.2, 0.25) is 10.0 Å². The molecule has 2 heterocycles. The van der Waals surface area contributed by atoms with Gasteiger partial charge in [-0.05, 0) is 48.9 Å². The van der Waals surface area contributed by atoms with E-state index in [4.69, 9.17) is 27.9 Å². The second kappa shape index (κ2) is 7.95. The summed E-state index contributed by atoms with van der Waals surface area (Å²) in [6.45, 7) is 5.10. The Balaban J connectivity index is 1.56. The molecule has 2 aromatic rings. The third kappa shape index (κ3) is 3.92. The van der Waals surface area contributed by atoms with Crippen LogP contribution in [0, 0.1) is 0 Å². The normalized spacial score (nSPS) is 18.8. The average Bonchev–Trinajstić information content (AvgIpc) is 2.97. The van der Waals surface area contributed by atoms with E-state index in [9.17, 15) is 4.79 Å². The van der Waals surface area contributed by atoms with Crippen molar-refractivity contribution >= 4 is 52.3 Å². The largest absolute Gasteiger partial charge is 0.378 e. The Labute approximate surface area is 173 Å². The van der Waals surface area contributed by atoms with E-state index in [0.717, 1.165) is 37.6 Å². The maximum absolute atomic E-state index is 12.9. The van der Waals surface area contributed by atoms with E-state index in [1.165, 1.54) is 5.01 Å². The highest BCUT2D eigenvalue weighted by Crippen LogP contribution is 2.30. The molecule has 1 fully saturated rings. The number of hydrazone groups is 1. The monoisotopic (exact) mass is 415 g/mol. The van der Waals surface area contributed by atoms with Crippen LogP contribution in [0.3, 0.4) is 0 Å². The van der Waals surface area contributed by atoms with E-state index in [2.05, 4.69) is 22.1 Å². The first-order valence-corrected chi connectivity index (χ1v) is 9.77. The number of rotatable bonds is 3. The Morgan fingerprint density at radius 3 is 2.29 bits per heavy atom. The zero-order valence-corrected chi connectivity index (χ0v) is 16.9. The lowest BCUT2D eigenvalue weighted by Crippen LogP contribution is -2.36. The van der Waals surface area contributed by atoms with Gasteiger partial charge in [0.05, 0.1) is 30.2 Å². The fourth-order valence-electron chi connectivity index (χ4n) is 3.29. The predicted octanol–water partition coefficient (Wildman–Crippen LogP) is 4.64. The minimum atomic E-state index is -0.201. The minimum Gasteiger partial charge on any atom is -0.378 e. The Kier molecular flexibility index (Phi) is 5.40. The van der Waals surface area contributed by atoms with Gasteiger partial charge < -0.3 is 9.64 Å². The van der Waals surface area contributed by atoms with Gasteiger partial charge in [-0.2, -0.15) is 10.1 Å². The summed E-state index contributed by atoms with van der Waals surface area (Å²) in [4.78, 5) is 15.2. The molecule has 4 rings (SSSR count). The number of halogens is 2. The van der Waals surface area contributed by atoms with Crippen LogP contribution in [0.1, 0.15) is 12.5 Å². The van der Waals surface area contributed by atoms with Gasteiger partial charge in [-0.15, -0.1) is 0 Å². The van der Waals surface area contributed by atoms with Crippen molar-refractivity contribution in [3.8, 4) is 0 Å². The van der Waals surface area contributed by atoms with Gasteiger partial charge in [-0.3, -0.25) is 4.79 Å². The van der Waals surface area contributed by atoms with Crippen molar-refractivity contribution < 1.29 is 9.53 Å². The molecule has 0 unspecified atom stereocenters. The lowest BCUT2D eigenvalue weighted by molar-refractivity contribution is -0.114. The fraction of sp³-hybridized carbons (Fsp3) is 0.238. The molecule has 28 heavy (non-hydrogen) atoms. The third-order valence-corrected chi connectivity index (χ3v) is 5.17. The van der Waals surface area contributed by atoms with Crippen molar-refractivity contribution in [2.45, 2.75) is 6.92 Å². The quantitative estimate of drug-likeness (QED) is 0.686. The molecule has 0 aromatic heterocycles. The molecule has 0 radical (unpaired) electrons. The highest BCUT2D eigenvalue weighted by molar-refractivity contribution is 6.36. The molecular weight excluding hydrogens is 397 g/mol. The summed E-state index contributed by atoms with van der Waals surface area (Å²) >= 11 is 12.1. The highest BCUT2D eigenvalue weighted by Gasteiger charge is 2.29. The van der Waals surface area contributed by atoms with E-state index >= 15 is 0 Å². The van der Waals surface area contributed by atoms with E-state index < -0.39 is 0 Å². The maximum atomic E-state index is 12.9. The molecule has 1 amide bonds. The summed E-state index contributed by atoms with van der Waals surface area (Å²) in [5.41, 5.74) is 3.85. The maximum Gasteiger partial charge on any atom is 0.280 e. The number of ether oxygens (including phenoxy) is 1. The molecule has 2 aliphatic rings. The van der Waals surface area contributed by atoms with Crippen molar-refractivity contribution in [2.24, 2.45) is 5.10 Å². The van der Waals surface area contributed by atoms with Gasteiger partial charge in [0.25, 0.3) is 5.91 Å². The van der Waals surface area contributed by atoms with Crippen LogP contribution < -0.4 is 9.91 Å². The van der Waals surface area contributed by atoms with E-state index in [1.807, 2.05) is 25.1 Å². The van der Waals surface area contributed by atoms with Crippen molar-refractivity contribution in [3.63, 3.8) is 0 Å². The molecule has 0 spiro atoms. The second-order valence-corrected chi connectivity index (χ2v) is 7.55.